The zero-order chi connectivity index (χ0) is 13.7. The molecule has 0 aliphatic carbocycles. The molecule has 1 aromatic heterocycles. The van der Waals surface area contributed by atoms with Crippen molar-refractivity contribution < 1.29 is 5.11 Å². The molecule has 0 bridgehead atoms. The van der Waals surface area contributed by atoms with Crippen LogP contribution in [0.4, 0.5) is 5.13 Å². The SMILES string of the molecule is CCCc1nc(N2CCN(CCC)CC2)sc1CO. The van der Waals surface area contributed by atoms with Gasteiger partial charge in [0.15, 0.2) is 5.13 Å². The summed E-state index contributed by atoms with van der Waals surface area (Å²) in [5, 5.41) is 10.5. The summed E-state index contributed by atoms with van der Waals surface area (Å²) >= 11 is 1.67. The van der Waals surface area contributed by atoms with Gasteiger partial charge in [-0.1, -0.05) is 31.6 Å². The Morgan fingerprint density at radius 3 is 2.47 bits per heavy atom. The van der Waals surface area contributed by atoms with Gasteiger partial charge in [0.25, 0.3) is 0 Å². The molecule has 108 valence electrons. The van der Waals surface area contributed by atoms with Gasteiger partial charge in [-0.15, -0.1) is 0 Å². The van der Waals surface area contributed by atoms with Gasteiger partial charge in [0.05, 0.1) is 17.2 Å². The summed E-state index contributed by atoms with van der Waals surface area (Å²) in [7, 11) is 0. The summed E-state index contributed by atoms with van der Waals surface area (Å²) in [5.74, 6) is 0. The van der Waals surface area contributed by atoms with E-state index in [4.69, 9.17) is 4.98 Å². The van der Waals surface area contributed by atoms with E-state index in [-0.39, 0.29) is 6.61 Å². The molecule has 0 radical (unpaired) electrons. The molecule has 19 heavy (non-hydrogen) atoms. The Bertz CT molecular complexity index is 386. The molecule has 0 saturated carbocycles. The second-order valence-corrected chi connectivity index (χ2v) is 6.17. The number of thiazole rings is 1. The maximum atomic E-state index is 9.41. The van der Waals surface area contributed by atoms with Crippen LogP contribution in [0.25, 0.3) is 0 Å². The van der Waals surface area contributed by atoms with E-state index >= 15 is 0 Å². The summed E-state index contributed by atoms with van der Waals surface area (Å²) < 4.78 is 0. The third kappa shape index (κ3) is 3.68. The highest BCUT2D eigenvalue weighted by atomic mass is 32.1. The molecule has 0 amide bonds. The first-order chi connectivity index (χ1) is 9.28. The molecule has 2 heterocycles. The molecule has 1 saturated heterocycles. The number of aliphatic hydroxyl groups is 1. The van der Waals surface area contributed by atoms with Crippen LogP contribution in [-0.2, 0) is 13.0 Å². The predicted octanol–water partition coefficient (Wildman–Crippen LogP) is 2.12. The molecular formula is C14H25N3OS. The van der Waals surface area contributed by atoms with Crippen LogP contribution in [-0.4, -0.2) is 47.7 Å². The minimum Gasteiger partial charge on any atom is -0.391 e. The van der Waals surface area contributed by atoms with Crippen LogP contribution in [0.5, 0.6) is 0 Å². The molecule has 1 aliphatic rings. The first-order valence-corrected chi connectivity index (χ1v) is 8.16. The van der Waals surface area contributed by atoms with Crippen molar-refractivity contribution in [1.29, 1.82) is 0 Å². The number of aromatic nitrogens is 1. The summed E-state index contributed by atoms with van der Waals surface area (Å²) in [5.41, 5.74) is 1.10. The monoisotopic (exact) mass is 283 g/mol. The quantitative estimate of drug-likeness (QED) is 0.868. The largest absolute Gasteiger partial charge is 0.391 e. The molecule has 1 aliphatic heterocycles. The molecule has 1 N–H and O–H groups in total. The molecule has 1 fully saturated rings. The Balaban J connectivity index is 1.99. The van der Waals surface area contributed by atoms with Gasteiger partial charge in [0.2, 0.25) is 0 Å². The van der Waals surface area contributed by atoms with Crippen LogP contribution >= 0.6 is 11.3 Å². The number of nitrogens with zero attached hydrogens (tertiary/aromatic N) is 3. The van der Waals surface area contributed by atoms with Crippen molar-refractivity contribution in [2.24, 2.45) is 0 Å². The number of hydrogen-bond acceptors (Lipinski definition) is 5. The van der Waals surface area contributed by atoms with E-state index in [1.54, 1.807) is 11.3 Å². The van der Waals surface area contributed by atoms with Gasteiger partial charge in [-0.2, -0.15) is 0 Å². The fourth-order valence-corrected chi connectivity index (χ4v) is 3.56. The van der Waals surface area contributed by atoms with Gasteiger partial charge < -0.3 is 10.0 Å². The number of rotatable bonds is 6. The summed E-state index contributed by atoms with van der Waals surface area (Å²) in [6.07, 6.45) is 3.29. The van der Waals surface area contributed by atoms with Gasteiger partial charge in [0, 0.05) is 26.2 Å². The summed E-state index contributed by atoms with van der Waals surface area (Å²) in [4.78, 5) is 10.7. The van der Waals surface area contributed by atoms with Crippen molar-refractivity contribution in [3.8, 4) is 0 Å². The number of piperazine rings is 1. The van der Waals surface area contributed by atoms with Gasteiger partial charge in [-0.05, 0) is 19.4 Å². The average molecular weight is 283 g/mol. The molecule has 0 atom stereocenters. The van der Waals surface area contributed by atoms with Gasteiger partial charge in [-0.25, -0.2) is 4.98 Å². The number of hydrogen-bond donors (Lipinski definition) is 1. The van der Waals surface area contributed by atoms with Crippen LogP contribution in [0.3, 0.4) is 0 Å². The second-order valence-electron chi connectivity index (χ2n) is 5.10. The van der Waals surface area contributed by atoms with Crippen LogP contribution in [0, 0.1) is 0 Å². The van der Waals surface area contributed by atoms with E-state index in [2.05, 4.69) is 23.6 Å². The van der Waals surface area contributed by atoms with Crippen molar-refractivity contribution in [3.63, 3.8) is 0 Å². The molecule has 1 aromatic rings. The van der Waals surface area contributed by atoms with Crippen molar-refractivity contribution in [3.05, 3.63) is 10.6 Å². The minimum atomic E-state index is 0.128. The highest BCUT2D eigenvalue weighted by Gasteiger charge is 2.20. The standard InChI is InChI=1S/C14H25N3OS/c1-3-5-12-13(11-18)19-14(15-12)17-9-7-16(6-4-2)8-10-17/h18H,3-11H2,1-2H3. The molecule has 2 rings (SSSR count). The fraction of sp³-hybridized carbons (Fsp3) is 0.786. The molecule has 4 nitrogen and oxygen atoms in total. The first-order valence-electron chi connectivity index (χ1n) is 7.35. The molecular weight excluding hydrogens is 258 g/mol. The van der Waals surface area contributed by atoms with E-state index in [1.165, 1.54) is 13.0 Å². The van der Waals surface area contributed by atoms with Crippen LogP contribution in [0.2, 0.25) is 0 Å². The number of aliphatic hydroxyl groups excluding tert-OH is 1. The molecule has 0 unspecified atom stereocenters. The van der Waals surface area contributed by atoms with Crippen LogP contribution in [0.15, 0.2) is 0 Å². The van der Waals surface area contributed by atoms with E-state index in [0.29, 0.717) is 0 Å². The Morgan fingerprint density at radius 1 is 1.16 bits per heavy atom. The zero-order valence-electron chi connectivity index (χ0n) is 12.1. The number of anilines is 1. The van der Waals surface area contributed by atoms with Crippen molar-refractivity contribution in [1.82, 2.24) is 9.88 Å². The lowest BCUT2D eigenvalue weighted by molar-refractivity contribution is 0.258. The fourth-order valence-electron chi connectivity index (χ4n) is 2.54. The van der Waals surface area contributed by atoms with Crippen LogP contribution in [0.1, 0.15) is 37.3 Å². The van der Waals surface area contributed by atoms with E-state index < -0.39 is 0 Å². The van der Waals surface area contributed by atoms with E-state index in [9.17, 15) is 5.11 Å². The highest BCUT2D eigenvalue weighted by molar-refractivity contribution is 7.15. The van der Waals surface area contributed by atoms with Crippen LogP contribution < -0.4 is 4.90 Å². The normalized spacial score (nSPS) is 17.1. The average Bonchev–Trinajstić information content (AvgIpc) is 2.84. The molecule has 0 aromatic carbocycles. The number of aryl methyl sites for hydroxylation is 1. The maximum absolute atomic E-state index is 9.41. The molecule has 0 spiro atoms. The first kappa shape index (κ1) is 14.8. The predicted molar refractivity (Wildman–Crippen MR) is 81.0 cm³/mol. The Kier molecular flexibility index (Phi) is 5.60. The minimum absolute atomic E-state index is 0.128. The van der Waals surface area contributed by atoms with Crippen molar-refractivity contribution in [2.45, 2.75) is 39.7 Å². The highest BCUT2D eigenvalue weighted by Crippen LogP contribution is 2.28. The lowest BCUT2D eigenvalue weighted by atomic mass is 10.2. The lowest BCUT2D eigenvalue weighted by Crippen LogP contribution is -2.46. The van der Waals surface area contributed by atoms with Gasteiger partial charge in [-0.3, -0.25) is 4.90 Å². The third-order valence-electron chi connectivity index (χ3n) is 3.58. The molecule has 5 heteroatoms. The topological polar surface area (TPSA) is 39.6 Å². The Morgan fingerprint density at radius 2 is 1.89 bits per heavy atom. The van der Waals surface area contributed by atoms with Gasteiger partial charge in [0.1, 0.15) is 0 Å². The lowest BCUT2D eigenvalue weighted by Gasteiger charge is -2.34. The van der Waals surface area contributed by atoms with Gasteiger partial charge >= 0.3 is 0 Å². The maximum Gasteiger partial charge on any atom is 0.185 e. The Hall–Kier alpha value is -0.650. The zero-order valence-corrected chi connectivity index (χ0v) is 12.9. The van der Waals surface area contributed by atoms with Crippen molar-refractivity contribution >= 4 is 16.5 Å². The van der Waals surface area contributed by atoms with E-state index in [1.807, 2.05) is 0 Å². The summed E-state index contributed by atoms with van der Waals surface area (Å²) in [6, 6.07) is 0. The van der Waals surface area contributed by atoms with Crippen molar-refractivity contribution in [2.75, 3.05) is 37.6 Å². The Labute approximate surface area is 120 Å². The third-order valence-corrected chi connectivity index (χ3v) is 4.72. The van der Waals surface area contributed by atoms with E-state index in [0.717, 1.165) is 54.7 Å². The smallest absolute Gasteiger partial charge is 0.185 e. The second kappa shape index (κ2) is 7.22. The summed E-state index contributed by atoms with van der Waals surface area (Å²) in [6.45, 7) is 10.1.